The molecule has 5 nitrogen and oxygen atoms in total. The van der Waals surface area contributed by atoms with Gasteiger partial charge in [0.05, 0.1) is 18.5 Å². The molecule has 28 heavy (non-hydrogen) atoms. The highest BCUT2D eigenvalue weighted by Crippen LogP contribution is 2.30. The minimum absolute atomic E-state index is 0.116. The number of methoxy groups -OCH3 is 1. The molecule has 142 valence electrons. The summed E-state index contributed by atoms with van der Waals surface area (Å²) in [6.07, 6.45) is 3.13. The smallest absolute Gasteiger partial charge is 0.230 e. The van der Waals surface area contributed by atoms with E-state index in [0.717, 1.165) is 4.47 Å². The fourth-order valence-electron chi connectivity index (χ4n) is 2.51. The molecule has 1 amide bonds. The van der Waals surface area contributed by atoms with Gasteiger partial charge in [-0.15, -0.1) is 11.3 Å². The molecule has 7 heteroatoms. The molecule has 0 aliphatic heterocycles. The minimum atomic E-state index is -0.153. The molecule has 0 spiro atoms. The van der Waals surface area contributed by atoms with Gasteiger partial charge in [0.15, 0.2) is 10.9 Å². The Morgan fingerprint density at radius 2 is 1.93 bits per heavy atom. The van der Waals surface area contributed by atoms with Gasteiger partial charge < -0.3 is 4.74 Å². The lowest BCUT2D eigenvalue weighted by molar-refractivity contribution is -0.115. The fraction of sp³-hybridized carbons (Fsp3) is 0.0952. The van der Waals surface area contributed by atoms with Crippen molar-refractivity contribution < 1.29 is 14.3 Å². The van der Waals surface area contributed by atoms with Crippen LogP contribution in [0.15, 0.2) is 64.5 Å². The summed E-state index contributed by atoms with van der Waals surface area (Å²) in [5.41, 5.74) is 1.90. The summed E-state index contributed by atoms with van der Waals surface area (Å²) < 4.78 is 6.00. The molecule has 3 rings (SSSR count). The quantitative estimate of drug-likeness (QED) is 0.363. The Labute approximate surface area is 175 Å². The number of hydrogen-bond donors (Lipinski definition) is 0. The predicted octanol–water partition coefficient (Wildman–Crippen LogP) is 5.49. The maximum Gasteiger partial charge on any atom is 0.230 e. The first kappa shape index (κ1) is 20.0. The molecule has 0 aliphatic carbocycles. The van der Waals surface area contributed by atoms with Crippen molar-refractivity contribution in [1.82, 2.24) is 4.98 Å². The number of benzene rings is 2. The number of ketones is 1. The lowest BCUT2D eigenvalue weighted by atomic mass is 10.1. The van der Waals surface area contributed by atoms with Crippen LogP contribution in [0.2, 0.25) is 0 Å². The standard InChI is InChI=1S/C21H17BrN2O3S/c1-14(25)24(18-7-9-19(27-2)10-8-18)21-23-17(13-28-21)6-11-20(26)15-4-3-5-16(22)12-15/h3-13H,1-2H3/b11-6+. The molecule has 0 unspecified atom stereocenters. The van der Waals surface area contributed by atoms with Crippen LogP contribution in [0.25, 0.3) is 6.08 Å². The molecule has 1 heterocycles. The van der Waals surface area contributed by atoms with E-state index in [1.54, 1.807) is 55.0 Å². The number of nitrogens with zero attached hydrogens (tertiary/aromatic N) is 2. The molecule has 0 saturated carbocycles. The van der Waals surface area contributed by atoms with Gasteiger partial charge in [-0.05, 0) is 48.6 Å². The second-order valence-electron chi connectivity index (χ2n) is 5.82. The number of rotatable bonds is 6. The lowest BCUT2D eigenvalue weighted by Crippen LogP contribution is -2.22. The summed E-state index contributed by atoms with van der Waals surface area (Å²) in [6, 6.07) is 14.4. The van der Waals surface area contributed by atoms with Gasteiger partial charge in [-0.1, -0.05) is 28.1 Å². The van der Waals surface area contributed by atoms with Crippen LogP contribution in [0, 0.1) is 0 Å². The second kappa shape index (κ2) is 8.95. The van der Waals surface area contributed by atoms with Crippen molar-refractivity contribution in [3.8, 4) is 5.75 Å². The largest absolute Gasteiger partial charge is 0.497 e. The maximum absolute atomic E-state index is 12.3. The first-order valence-electron chi connectivity index (χ1n) is 8.36. The van der Waals surface area contributed by atoms with Crippen molar-refractivity contribution in [1.29, 1.82) is 0 Å². The number of aromatic nitrogens is 1. The summed E-state index contributed by atoms with van der Waals surface area (Å²) in [4.78, 5) is 30.5. The Morgan fingerprint density at radius 3 is 2.57 bits per heavy atom. The summed E-state index contributed by atoms with van der Waals surface area (Å²) in [6.45, 7) is 1.48. The van der Waals surface area contributed by atoms with Crippen LogP contribution in [-0.4, -0.2) is 23.8 Å². The van der Waals surface area contributed by atoms with E-state index >= 15 is 0 Å². The Morgan fingerprint density at radius 1 is 1.18 bits per heavy atom. The van der Waals surface area contributed by atoms with Crippen molar-refractivity contribution in [2.75, 3.05) is 12.0 Å². The van der Waals surface area contributed by atoms with Crippen LogP contribution in [0.5, 0.6) is 5.75 Å². The highest BCUT2D eigenvalue weighted by molar-refractivity contribution is 9.10. The molecular weight excluding hydrogens is 440 g/mol. The molecule has 0 radical (unpaired) electrons. The topological polar surface area (TPSA) is 59.5 Å². The zero-order valence-electron chi connectivity index (χ0n) is 15.3. The minimum Gasteiger partial charge on any atom is -0.497 e. The molecule has 0 saturated heterocycles. The van der Waals surface area contributed by atoms with Gasteiger partial charge in [-0.3, -0.25) is 14.5 Å². The maximum atomic E-state index is 12.3. The number of halogens is 1. The van der Waals surface area contributed by atoms with Gasteiger partial charge in [0.2, 0.25) is 5.91 Å². The Bertz CT molecular complexity index is 1030. The van der Waals surface area contributed by atoms with E-state index in [1.807, 2.05) is 12.1 Å². The first-order chi connectivity index (χ1) is 13.5. The van der Waals surface area contributed by atoms with Gasteiger partial charge in [-0.2, -0.15) is 0 Å². The van der Waals surface area contributed by atoms with Crippen LogP contribution in [0.3, 0.4) is 0 Å². The van der Waals surface area contributed by atoms with E-state index in [2.05, 4.69) is 20.9 Å². The Balaban J connectivity index is 1.80. The van der Waals surface area contributed by atoms with Gasteiger partial charge >= 0.3 is 0 Å². The zero-order chi connectivity index (χ0) is 20.1. The van der Waals surface area contributed by atoms with E-state index in [9.17, 15) is 9.59 Å². The third kappa shape index (κ3) is 4.74. The summed E-state index contributed by atoms with van der Waals surface area (Å²) >= 11 is 4.69. The lowest BCUT2D eigenvalue weighted by Gasteiger charge is -2.18. The highest BCUT2D eigenvalue weighted by Gasteiger charge is 2.17. The molecule has 0 bridgehead atoms. The average molecular weight is 457 g/mol. The number of carbonyl (C=O) groups excluding carboxylic acids is 2. The summed E-state index contributed by atoms with van der Waals surface area (Å²) in [5.74, 6) is 0.441. The molecule has 3 aromatic rings. The number of thiazole rings is 1. The highest BCUT2D eigenvalue weighted by atomic mass is 79.9. The number of anilines is 2. The van der Waals surface area contributed by atoms with E-state index in [0.29, 0.717) is 27.8 Å². The molecule has 0 fully saturated rings. The van der Waals surface area contributed by atoms with Crippen molar-refractivity contribution in [3.63, 3.8) is 0 Å². The molecule has 1 aromatic heterocycles. The van der Waals surface area contributed by atoms with Crippen LogP contribution in [-0.2, 0) is 4.79 Å². The molecular formula is C21H17BrN2O3S. The van der Waals surface area contributed by atoms with E-state index in [1.165, 1.54) is 29.2 Å². The van der Waals surface area contributed by atoms with Crippen LogP contribution >= 0.6 is 27.3 Å². The van der Waals surface area contributed by atoms with Gasteiger partial charge in [0.1, 0.15) is 5.75 Å². The van der Waals surface area contributed by atoms with Gasteiger partial charge in [0.25, 0.3) is 0 Å². The molecule has 2 aromatic carbocycles. The van der Waals surface area contributed by atoms with E-state index < -0.39 is 0 Å². The zero-order valence-corrected chi connectivity index (χ0v) is 17.7. The van der Waals surface area contributed by atoms with E-state index in [4.69, 9.17) is 4.74 Å². The summed E-state index contributed by atoms with van der Waals surface area (Å²) in [5, 5.41) is 2.34. The van der Waals surface area contributed by atoms with Crippen molar-refractivity contribution >= 4 is 55.9 Å². The third-order valence-corrected chi connectivity index (χ3v) is 5.20. The molecule has 0 N–H and O–H groups in total. The van der Waals surface area contributed by atoms with Crippen LogP contribution in [0.1, 0.15) is 23.0 Å². The number of carbonyl (C=O) groups is 2. The van der Waals surface area contributed by atoms with Crippen molar-refractivity contribution in [2.45, 2.75) is 6.92 Å². The number of ether oxygens (including phenoxy) is 1. The monoisotopic (exact) mass is 456 g/mol. The number of amides is 1. The molecule has 0 atom stereocenters. The van der Waals surface area contributed by atoms with Crippen molar-refractivity contribution in [2.24, 2.45) is 0 Å². The molecule has 0 aliphatic rings. The summed E-state index contributed by atoms with van der Waals surface area (Å²) in [7, 11) is 1.59. The number of allylic oxidation sites excluding steroid dienone is 1. The second-order valence-corrected chi connectivity index (χ2v) is 7.57. The SMILES string of the molecule is COc1ccc(N(C(C)=O)c2nc(/C=C/C(=O)c3cccc(Br)c3)cs2)cc1. The number of hydrogen-bond acceptors (Lipinski definition) is 5. The van der Waals surface area contributed by atoms with Crippen LogP contribution < -0.4 is 9.64 Å². The normalized spacial score (nSPS) is 10.8. The average Bonchev–Trinajstić information content (AvgIpc) is 3.15. The third-order valence-electron chi connectivity index (χ3n) is 3.86. The Kier molecular flexibility index (Phi) is 6.38. The van der Waals surface area contributed by atoms with Crippen molar-refractivity contribution in [3.05, 3.63) is 75.7 Å². The van der Waals surface area contributed by atoms with Gasteiger partial charge in [-0.25, -0.2) is 4.98 Å². The van der Waals surface area contributed by atoms with E-state index in [-0.39, 0.29) is 11.7 Å². The van der Waals surface area contributed by atoms with Crippen LogP contribution in [0.4, 0.5) is 10.8 Å². The fourth-order valence-corrected chi connectivity index (χ4v) is 3.77. The predicted molar refractivity (Wildman–Crippen MR) is 115 cm³/mol. The Hall–Kier alpha value is -2.77. The first-order valence-corrected chi connectivity index (χ1v) is 10.0. The van der Waals surface area contributed by atoms with Gasteiger partial charge in [0, 0.05) is 22.3 Å².